The van der Waals surface area contributed by atoms with E-state index in [-0.39, 0.29) is 6.04 Å². The van der Waals surface area contributed by atoms with E-state index in [1.807, 2.05) is 6.92 Å². The molecule has 0 rings (SSSR count). The van der Waals surface area contributed by atoms with E-state index in [9.17, 15) is 4.79 Å². The highest BCUT2D eigenvalue weighted by molar-refractivity contribution is 5.73. The average Bonchev–Trinajstić information content (AvgIpc) is 2.04. The van der Waals surface area contributed by atoms with Crippen molar-refractivity contribution in [2.75, 3.05) is 13.1 Å². The van der Waals surface area contributed by atoms with Crippen molar-refractivity contribution in [3.63, 3.8) is 0 Å². The van der Waals surface area contributed by atoms with Gasteiger partial charge in [0.15, 0.2) is 0 Å². The molecule has 2 unspecified atom stereocenters. The van der Waals surface area contributed by atoms with Crippen molar-refractivity contribution >= 4 is 5.97 Å². The first kappa shape index (κ1) is 12.3. The van der Waals surface area contributed by atoms with Crippen molar-refractivity contribution in [3.8, 4) is 0 Å². The lowest BCUT2D eigenvalue weighted by atomic mass is 10.1. The predicted molar refractivity (Wildman–Crippen MR) is 51.4 cm³/mol. The molecule has 78 valence electrons. The number of nitrogens with two attached hydrogens (primary N) is 2. The van der Waals surface area contributed by atoms with E-state index in [4.69, 9.17) is 16.6 Å². The summed E-state index contributed by atoms with van der Waals surface area (Å²) in [5, 5.41) is 11.7. The van der Waals surface area contributed by atoms with Crippen LogP contribution in [0.2, 0.25) is 0 Å². The van der Waals surface area contributed by atoms with Gasteiger partial charge in [0, 0.05) is 6.04 Å². The zero-order chi connectivity index (χ0) is 10.3. The molecular weight excluding hydrogens is 170 g/mol. The number of nitrogens with one attached hydrogen (secondary N) is 1. The van der Waals surface area contributed by atoms with Gasteiger partial charge in [-0.05, 0) is 32.9 Å². The molecular formula is C8H19N3O2. The average molecular weight is 189 g/mol. The topological polar surface area (TPSA) is 101 Å². The van der Waals surface area contributed by atoms with Crippen LogP contribution < -0.4 is 16.8 Å². The molecule has 0 aliphatic heterocycles. The highest BCUT2D eigenvalue weighted by Crippen LogP contribution is 1.95. The molecule has 0 saturated carbocycles. The number of hydrogen-bond donors (Lipinski definition) is 4. The van der Waals surface area contributed by atoms with Gasteiger partial charge in [-0.15, -0.1) is 0 Å². The van der Waals surface area contributed by atoms with Gasteiger partial charge in [-0.3, -0.25) is 4.79 Å². The molecule has 0 aromatic rings. The van der Waals surface area contributed by atoms with Crippen LogP contribution in [-0.2, 0) is 4.79 Å². The van der Waals surface area contributed by atoms with Crippen LogP contribution >= 0.6 is 0 Å². The Morgan fingerprint density at radius 3 is 2.69 bits per heavy atom. The zero-order valence-electron chi connectivity index (χ0n) is 7.99. The van der Waals surface area contributed by atoms with Crippen LogP contribution in [0.1, 0.15) is 19.8 Å². The maximum absolute atomic E-state index is 10.4. The van der Waals surface area contributed by atoms with Crippen molar-refractivity contribution in [1.82, 2.24) is 5.32 Å². The van der Waals surface area contributed by atoms with Crippen molar-refractivity contribution < 1.29 is 9.90 Å². The second kappa shape index (κ2) is 6.82. The van der Waals surface area contributed by atoms with Crippen molar-refractivity contribution in [2.45, 2.75) is 31.8 Å². The van der Waals surface area contributed by atoms with Gasteiger partial charge >= 0.3 is 5.97 Å². The van der Waals surface area contributed by atoms with E-state index < -0.39 is 12.0 Å². The van der Waals surface area contributed by atoms with Crippen LogP contribution in [0.4, 0.5) is 0 Å². The van der Waals surface area contributed by atoms with Gasteiger partial charge in [-0.1, -0.05) is 0 Å². The fourth-order valence-corrected chi connectivity index (χ4v) is 1.02. The van der Waals surface area contributed by atoms with E-state index in [1.54, 1.807) is 0 Å². The second-order valence-corrected chi connectivity index (χ2v) is 3.18. The summed E-state index contributed by atoms with van der Waals surface area (Å²) < 4.78 is 0. The minimum absolute atomic E-state index is 0.123. The van der Waals surface area contributed by atoms with E-state index in [1.165, 1.54) is 0 Å². The van der Waals surface area contributed by atoms with Gasteiger partial charge in [0.1, 0.15) is 6.04 Å². The Morgan fingerprint density at radius 1 is 1.62 bits per heavy atom. The highest BCUT2D eigenvalue weighted by Gasteiger charge is 2.14. The summed E-state index contributed by atoms with van der Waals surface area (Å²) in [6.07, 6.45) is 1.34. The third-order valence-electron chi connectivity index (χ3n) is 1.80. The molecule has 6 N–H and O–H groups in total. The largest absolute Gasteiger partial charge is 0.480 e. The van der Waals surface area contributed by atoms with Gasteiger partial charge in [-0.2, -0.15) is 0 Å². The molecule has 2 atom stereocenters. The molecule has 0 aliphatic rings. The quantitative estimate of drug-likeness (QED) is 0.389. The van der Waals surface area contributed by atoms with Crippen molar-refractivity contribution in [3.05, 3.63) is 0 Å². The summed E-state index contributed by atoms with van der Waals surface area (Å²) in [4.78, 5) is 10.4. The second-order valence-electron chi connectivity index (χ2n) is 3.18. The molecule has 13 heavy (non-hydrogen) atoms. The standard InChI is InChI=1S/C8H19N3O2/c1-6(11-4-2-3-9)5-7(10)8(12)13/h6-7,11H,2-5,9-10H2,1H3,(H,12,13). The Bertz CT molecular complexity index is 152. The summed E-state index contributed by atoms with van der Waals surface area (Å²) in [5.41, 5.74) is 10.7. The minimum atomic E-state index is -0.951. The van der Waals surface area contributed by atoms with Crippen LogP contribution in [0.15, 0.2) is 0 Å². The van der Waals surface area contributed by atoms with Crippen LogP contribution in [0.3, 0.4) is 0 Å². The third-order valence-corrected chi connectivity index (χ3v) is 1.80. The third kappa shape index (κ3) is 6.51. The first-order chi connectivity index (χ1) is 6.07. The van der Waals surface area contributed by atoms with Crippen LogP contribution in [-0.4, -0.2) is 36.2 Å². The Kier molecular flexibility index (Phi) is 6.48. The van der Waals surface area contributed by atoms with E-state index >= 15 is 0 Å². The molecule has 0 saturated heterocycles. The lowest BCUT2D eigenvalue weighted by Crippen LogP contribution is -2.39. The number of aliphatic carboxylic acids is 1. The maximum atomic E-state index is 10.4. The van der Waals surface area contributed by atoms with E-state index in [0.717, 1.165) is 13.0 Å². The van der Waals surface area contributed by atoms with Crippen molar-refractivity contribution in [1.29, 1.82) is 0 Å². The molecule has 0 aliphatic carbocycles. The van der Waals surface area contributed by atoms with Gasteiger partial charge in [0.25, 0.3) is 0 Å². The van der Waals surface area contributed by atoms with Crippen LogP contribution in [0.25, 0.3) is 0 Å². The Morgan fingerprint density at radius 2 is 2.23 bits per heavy atom. The number of hydrogen-bond acceptors (Lipinski definition) is 4. The zero-order valence-corrected chi connectivity index (χ0v) is 7.99. The van der Waals surface area contributed by atoms with E-state index in [0.29, 0.717) is 13.0 Å². The molecule has 0 fully saturated rings. The fourth-order valence-electron chi connectivity index (χ4n) is 1.02. The summed E-state index contributed by atoms with van der Waals surface area (Å²) in [6, 6.07) is -0.655. The molecule has 5 nitrogen and oxygen atoms in total. The van der Waals surface area contributed by atoms with Crippen LogP contribution in [0.5, 0.6) is 0 Å². The predicted octanol–water partition coefficient (Wildman–Crippen LogP) is -0.885. The minimum Gasteiger partial charge on any atom is -0.480 e. The number of carbonyl (C=O) groups is 1. The lowest BCUT2D eigenvalue weighted by Gasteiger charge is -2.15. The molecule has 0 spiro atoms. The molecule has 0 heterocycles. The van der Waals surface area contributed by atoms with Gasteiger partial charge in [0.2, 0.25) is 0 Å². The molecule has 0 aromatic heterocycles. The first-order valence-corrected chi connectivity index (χ1v) is 4.49. The summed E-state index contributed by atoms with van der Waals surface area (Å²) >= 11 is 0. The molecule has 0 amide bonds. The monoisotopic (exact) mass is 189 g/mol. The van der Waals surface area contributed by atoms with Crippen molar-refractivity contribution in [2.24, 2.45) is 11.5 Å². The normalized spacial score (nSPS) is 15.3. The van der Waals surface area contributed by atoms with Gasteiger partial charge < -0.3 is 21.9 Å². The summed E-state index contributed by atoms with van der Waals surface area (Å²) in [6.45, 7) is 3.37. The number of carboxylic acids is 1. The SMILES string of the molecule is CC(CC(N)C(=O)O)NCCCN. The molecule has 5 heteroatoms. The van der Waals surface area contributed by atoms with Gasteiger partial charge in [-0.25, -0.2) is 0 Å². The van der Waals surface area contributed by atoms with Gasteiger partial charge in [0.05, 0.1) is 0 Å². The molecule has 0 radical (unpaired) electrons. The Labute approximate surface area is 78.5 Å². The molecule has 0 aromatic carbocycles. The smallest absolute Gasteiger partial charge is 0.320 e. The number of carboxylic acid groups (broad SMARTS) is 1. The number of rotatable bonds is 7. The van der Waals surface area contributed by atoms with Crippen LogP contribution in [0, 0.1) is 0 Å². The highest BCUT2D eigenvalue weighted by atomic mass is 16.4. The summed E-state index contributed by atoms with van der Waals surface area (Å²) in [5.74, 6) is -0.951. The van der Waals surface area contributed by atoms with E-state index in [2.05, 4.69) is 5.32 Å². The lowest BCUT2D eigenvalue weighted by molar-refractivity contribution is -0.138. The fraction of sp³-hybridized carbons (Fsp3) is 0.875. The first-order valence-electron chi connectivity index (χ1n) is 4.49. The summed E-state index contributed by atoms with van der Waals surface area (Å²) in [7, 11) is 0. The Balaban J connectivity index is 3.49. The molecule has 0 bridgehead atoms. The Hall–Kier alpha value is -0.650. The maximum Gasteiger partial charge on any atom is 0.320 e.